The van der Waals surface area contributed by atoms with E-state index in [1.807, 2.05) is 20.8 Å². The van der Waals surface area contributed by atoms with Gasteiger partial charge in [0, 0.05) is 19.6 Å². The second kappa shape index (κ2) is 7.73. The third-order valence-corrected chi connectivity index (χ3v) is 2.40. The van der Waals surface area contributed by atoms with E-state index in [1.54, 1.807) is 11.9 Å². The van der Waals surface area contributed by atoms with Crippen LogP contribution in [0.25, 0.3) is 0 Å². The van der Waals surface area contributed by atoms with Crippen molar-refractivity contribution in [1.29, 1.82) is 0 Å². The number of nitrogens with zero attached hydrogens (tertiary/aromatic N) is 3. The molecule has 0 atom stereocenters. The minimum atomic E-state index is -0.0515. The summed E-state index contributed by atoms with van der Waals surface area (Å²) >= 11 is 0. The maximum atomic E-state index is 11.6. The lowest BCUT2D eigenvalue weighted by molar-refractivity contribution is -0.119. The van der Waals surface area contributed by atoms with E-state index in [2.05, 4.69) is 20.8 Å². The second-order valence-electron chi connectivity index (χ2n) is 4.72. The van der Waals surface area contributed by atoms with Crippen LogP contribution in [0.15, 0.2) is 4.42 Å². The smallest absolute Gasteiger partial charge is 0.318 e. The Labute approximate surface area is 113 Å². The molecule has 0 spiro atoms. The molecule has 1 aromatic rings. The van der Waals surface area contributed by atoms with Crippen LogP contribution in [0.1, 0.15) is 33.1 Å². The molecule has 0 radical (unpaired) electrons. The Morgan fingerprint density at radius 1 is 1.42 bits per heavy atom. The molecule has 0 unspecified atom stereocenters. The molecule has 19 heavy (non-hydrogen) atoms. The summed E-state index contributed by atoms with van der Waals surface area (Å²) in [6.45, 7) is 7.51. The minimum absolute atomic E-state index is 0.0515. The fraction of sp³-hybridized carbons (Fsp3) is 0.750. The van der Waals surface area contributed by atoms with Crippen LogP contribution in [0.3, 0.4) is 0 Å². The third kappa shape index (κ3) is 5.69. The average molecular weight is 269 g/mol. The summed E-state index contributed by atoms with van der Waals surface area (Å²) in [5, 5.41) is 13.8. The van der Waals surface area contributed by atoms with Crippen LogP contribution in [0, 0.1) is 0 Å². The van der Waals surface area contributed by atoms with Crippen molar-refractivity contribution in [2.75, 3.05) is 25.0 Å². The van der Waals surface area contributed by atoms with Gasteiger partial charge in [-0.3, -0.25) is 4.79 Å². The highest BCUT2D eigenvalue weighted by Gasteiger charge is 2.13. The summed E-state index contributed by atoms with van der Waals surface area (Å²) in [4.78, 5) is 13.2. The molecule has 7 heteroatoms. The van der Waals surface area contributed by atoms with Gasteiger partial charge in [-0.15, -0.1) is 5.10 Å². The van der Waals surface area contributed by atoms with E-state index in [0.29, 0.717) is 31.0 Å². The summed E-state index contributed by atoms with van der Waals surface area (Å²) in [6, 6.07) is 0.708. The number of likely N-dealkylation sites (N-methyl/N-ethyl adjacent to an activating group) is 1. The Balaban J connectivity index is 2.44. The van der Waals surface area contributed by atoms with Crippen molar-refractivity contribution in [3.8, 4) is 0 Å². The van der Waals surface area contributed by atoms with E-state index in [4.69, 9.17) is 4.42 Å². The molecular formula is C12H23N5O2. The molecule has 1 amide bonds. The lowest BCUT2D eigenvalue weighted by Crippen LogP contribution is -2.35. The first-order chi connectivity index (χ1) is 9.02. The van der Waals surface area contributed by atoms with Crippen LogP contribution < -0.4 is 15.5 Å². The largest absolute Gasteiger partial charge is 0.407 e. The van der Waals surface area contributed by atoms with Crippen molar-refractivity contribution >= 4 is 11.9 Å². The zero-order valence-electron chi connectivity index (χ0n) is 12.1. The van der Waals surface area contributed by atoms with Crippen LogP contribution in [-0.4, -0.2) is 42.3 Å². The number of anilines is 1. The van der Waals surface area contributed by atoms with E-state index >= 15 is 0 Å². The molecule has 0 saturated heterocycles. The van der Waals surface area contributed by atoms with Crippen molar-refractivity contribution in [3.05, 3.63) is 5.89 Å². The molecule has 1 rings (SSSR count). The highest BCUT2D eigenvalue weighted by molar-refractivity contribution is 5.80. The first-order valence-electron chi connectivity index (χ1n) is 6.56. The normalized spacial score (nSPS) is 10.8. The molecule has 108 valence electrons. The number of hydrogen-bond acceptors (Lipinski definition) is 6. The predicted molar refractivity (Wildman–Crippen MR) is 72.8 cm³/mol. The molecule has 1 aromatic heterocycles. The number of hydrogen-bond donors (Lipinski definition) is 2. The number of rotatable bonds is 8. The molecule has 0 aromatic carbocycles. The molecule has 0 aliphatic carbocycles. The molecule has 1 heterocycles. The van der Waals surface area contributed by atoms with E-state index in [0.717, 1.165) is 6.42 Å². The van der Waals surface area contributed by atoms with Crippen LogP contribution >= 0.6 is 0 Å². The van der Waals surface area contributed by atoms with Gasteiger partial charge in [-0.2, -0.15) is 0 Å². The molecular weight excluding hydrogens is 246 g/mol. The van der Waals surface area contributed by atoms with Crippen LogP contribution in [0.5, 0.6) is 0 Å². The SMILES string of the molecule is CCCNC(=O)CN(C)c1nnc(CNC(C)C)o1. The van der Waals surface area contributed by atoms with Gasteiger partial charge >= 0.3 is 6.01 Å². The summed E-state index contributed by atoms with van der Waals surface area (Å²) in [7, 11) is 1.75. The van der Waals surface area contributed by atoms with Gasteiger partial charge in [0.05, 0.1) is 6.54 Å². The van der Waals surface area contributed by atoms with Crippen LogP contribution in [0.4, 0.5) is 6.01 Å². The molecule has 0 fully saturated rings. The van der Waals surface area contributed by atoms with Crippen molar-refractivity contribution in [2.24, 2.45) is 0 Å². The number of nitrogens with one attached hydrogen (secondary N) is 2. The highest BCUT2D eigenvalue weighted by atomic mass is 16.4. The van der Waals surface area contributed by atoms with Gasteiger partial charge in [0.1, 0.15) is 6.54 Å². The van der Waals surface area contributed by atoms with Crippen LogP contribution in [0.2, 0.25) is 0 Å². The zero-order valence-corrected chi connectivity index (χ0v) is 12.1. The predicted octanol–water partition coefficient (Wildman–Crippen LogP) is 0.530. The van der Waals surface area contributed by atoms with Gasteiger partial charge in [0.2, 0.25) is 11.8 Å². The number of aromatic nitrogens is 2. The van der Waals surface area contributed by atoms with E-state index in [9.17, 15) is 4.79 Å². The first-order valence-corrected chi connectivity index (χ1v) is 6.56. The van der Waals surface area contributed by atoms with Crippen molar-refractivity contribution in [2.45, 2.75) is 39.8 Å². The second-order valence-corrected chi connectivity index (χ2v) is 4.72. The van der Waals surface area contributed by atoms with Crippen molar-refractivity contribution in [1.82, 2.24) is 20.8 Å². The fourth-order valence-electron chi connectivity index (χ4n) is 1.37. The molecule has 7 nitrogen and oxygen atoms in total. The molecule has 0 saturated carbocycles. The minimum Gasteiger partial charge on any atom is -0.407 e. The molecule has 0 aliphatic heterocycles. The topological polar surface area (TPSA) is 83.3 Å². The summed E-state index contributed by atoms with van der Waals surface area (Å²) in [5.74, 6) is 0.467. The first kappa shape index (κ1) is 15.4. The third-order valence-electron chi connectivity index (χ3n) is 2.40. The zero-order chi connectivity index (χ0) is 14.3. The Kier molecular flexibility index (Phi) is 6.27. The number of carbonyl (C=O) groups excluding carboxylic acids is 1. The van der Waals surface area contributed by atoms with E-state index in [1.165, 1.54) is 0 Å². The molecule has 2 N–H and O–H groups in total. The van der Waals surface area contributed by atoms with E-state index in [-0.39, 0.29) is 12.5 Å². The maximum absolute atomic E-state index is 11.6. The van der Waals surface area contributed by atoms with E-state index < -0.39 is 0 Å². The Bertz CT molecular complexity index is 391. The standard InChI is InChI=1S/C12H23N5O2/c1-5-6-13-10(18)8-17(4)12-16-15-11(19-12)7-14-9(2)3/h9,14H,5-8H2,1-4H3,(H,13,18). The summed E-state index contributed by atoms with van der Waals surface area (Å²) in [6.07, 6.45) is 0.918. The number of amides is 1. The average Bonchev–Trinajstić information content (AvgIpc) is 2.82. The van der Waals surface area contributed by atoms with Crippen LogP contribution in [-0.2, 0) is 11.3 Å². The van der Waals surface area contributed by atoms with Crippen molar-refractivity contribution in [3.63, 3.8) is 0 Å². The van der Waals surface area contributed by atoms with Gasteiger partial charge in [-0.1, -0.05) is 25.9 Å². The Morgan fingerprint density at radius 2 is 2.16 bits per heavy atom. The van der Waals surface area contributed by atoms with Crippen molar-refractivity contribution < 1.29 is 9.21 Å². The highest BCUT2D eigenvalue weighted by Crippen LogP contribution is 2.09. The summed E-state index contributed by atoms with van der Waals surface area (Å²) in [5.41, 5.74) is 0. The monoisotopic (exact) mass is 269 g/mol. The molecule has 0 aliphatic rings. The Morgan fingerprint density at radius 3 is 2.79 bits per heavy atom. The van der Waals surface area contributed by atoms with Gasteiger partial charge in [-0.25, -0.2) is 0 Å². The summed E-state index contributed by atoms with van der Waals surface area (Å²) < 4.78 is 5.46. The quantitative estimate of drug-likeness (QED) is 0.716. The van der Waals surface area contributed by atoms with Gasteiger partial charge in [-0.05, 0) is 6.42 Å². The fourth-order valence-corrected chi connectivity index (χ4v) is 1.37. The lowest BCUT2D eigenvalue weighted by Gasteiger charge is -2.13. The van der Waals surface area contributed by atoms with Gasteiger partial charge in [0.15, 0.2) is 0 Å². The Hall–Kier alpha value is -1.63. The lowest BCUT2D eigenvalue weighted by atomic mass is 10.4. The molecule has 0 bridgehead atoms. The number of carbonyl (C=O) groups is 1. The maximum Gasteiger partial charge on any atom is 0.318 e. The van der Waals surface area contributed by atoms with Gasteiger partial charge in [0.25, 0.3) is 0 Å². The van der Waals surface area contributed by atoms with Gasteiger partial charge < -0.3 is 20.0 Å².